The molecule has 0 bridgehead atoms. The Morgan fingerprint density at radius 1 is 1.24 bits per heavy atom. The molecule has 0 heterocycles. The lowest BCUT2D eigenvalue weighted by Gasteiger charge is -2.09. The van der Waals surface area contributed by atoms with E-state index in [1.807, 2.05) is 0 Å². The number of anilines is 1. The zero-order valence-corrected chi connectivity index (χ0v) is 13.0. The Kier molecular flexibility index (Phi) is 4.87. The molecule has 2 aromatic carbocycles. The summed E-state index contributed by atoms with van der Waals surface area (Å²) < 4.78 is 39.6. The van der Waals surface area contributed by atoms with Crippen LogP contribution in [-0.2, 0) is 10.0 Å². The minimum absolute atomic E-state index is 0.137. The van der Waals surface area contributed by atoms with Crippen molar-refractivity contribution in [3.05, 3.63) is 48.3 Å². The Balaban J connectivity index is 2.36. The molecular formula is C14H15FN2O2S2. The normalized spacial score (nSPS) is 11.5. The number of hydrogen-bond acceptors (Lipinski definition) is 4. The molecule has 2 aromatic rings. The van der Waals surface area contributed by atoms with Crippen molar-refractivity contribution < 1.29 is 12.8 Å². The van der Waals surface area contributed by atoms with Gasteiger partial charge in [-0.1, -0.05) is 24.8 Å². The van der Waals surface area contributed by atoms with Crippen LogP contribution in [0.15, 0.2) is 57.2 Å². The lowest BCUT2D eigenvalue weighted by Crippen LogP contribution is -2.23. The largest absolute Gasteiger partial charge is 0.398 e. The topological polar surface area (TPSA) is 72.2 Å². The quantitative estimate of drug-likeness (QED) is 0.829. The monoisotopic (exact) mass is 326 g/mol. The maximum Gasteiger partial charge on any atom is 0.240 e. The first kappa shape index (κ1) is 15.8. The minimum atomic E-state index is -3.54. The van der Waals surface area contributed by atoms with Crippen LogP contribution in [0, 0.1) is 5.82 Å². The molecule has 112 valence electrons. The molecule has 0 aliphatic carbocycles. The number of rotatable bonds is 5. The van der Waals surface area contributed by atoms with Gasteiger partial charge < -0.3 is 5.73 Å². The fourth-order valence-corrected chi connectivity index (χ4v) is 3.79. The Morgan fingerprint density at radius 2 is 2.00 bits per heavy atom. The number of nitrogens with one attached hydrogen (secondary N) is 1. The summed E-state index contributed by atoms with van der Waals surface area (Å²) in [6.07, 6.45) is 0. The SMILES string of the molecule is CCNS(=O)(=O)c1ccc(N)c(Sc2cccc(F)c2)c1. The van der Waals surface area contributed by atoms with Crippen molar-refractivity contribution in [2.24, 2.45) is 0 Å². The van der Waals surface area contributed by atoms with Crippen molar-refractivity contribution in [1.82, 2.24) is 4.72 Å². The van der Waals surface area contributed by atoms with Gasteiger partial charge in [-0.3, -0.25) is 0 Å². The predicted molar refractivity (Wildman–Crippen MR) is 82.2 cm³/mol. The number of nitrogens with two attached hydrogens (primary N) is 1. The summed E-state index contributed by atoms with van der Waals surface area (Å²) in [6, 6.07) is 10.5. The number of benzene rings is 2. The summed E-state index contributed by atoms with van der Waals surface area (Å²) in [6.45, 7) is 2.01. The summed E-state index contributed by atoms with van der Waals surface area (Å²) in [5.74, 6) is -0.352. The average Bonchev–Trinajstić information content (AvgIpc) is 2.41. The highest BCUT2D eigenvalue weighted by molar-refractivity contribution is 7.99. The molecular weight excluding hydrogens is 311 g/mol. The molecule has 0 amide bonds. The molecule has 0 aliphatic heterocycles. The lowest BCUT2D eigenvalue weighted by atomic mass is 10.3. The molecule has 0 radical (unpaired) electrons. The van der Waals surface area contributed by atoms with Gasteiger partial charge in [0.2, 0.25) is 10.0 Å². The first-order valence-corrected chi connectivity index (χ1v) is 8.55. The molecule has 3 N–H and O–H groups in total. The van der Waals surface area contributed by atoms with Gasteiger partial charge >= 0.3 is 0 Å². The minimum Gasteiger partial charge on any atom is -0.398 e. The second-order valence-corrected chi connectivity index (χ2v) is 7.14. The van der Waals surface area contributed by atoms with E-state index in [2.05, 4.69) is 4.72 Å². The van der Waals surface area contributed by atoms with Gasteiger partial charge in [0.25, 0.3) is 0 Å². The first-order chi connectivity index (χ1) is 9.92. The summed E-state index contributed by atoms with van der Waals surface area (Å²) in [5.41, 5.74) is 6.31. The van der Waals surface area contributed by atoms with Crippen molar-refractivity contribution in [2.45, 2.75) is 21.6 Å². The van der Waals surface area contributed by atoms with E-state index in [1.54, 1.807) is 19.1 Å². The van der Waals surface area contributed by atoms with Gasteiger partial charge in [0.05, 0.1) is 4.90 Å². The van der Waals surface area contributed by atoms with E-state index in [1.165, 1.54) is 42.1 Å². The van der Waals surface area contributed by atoms with Gasteiger partial charge in [-0.15, -0.1) is 0 Å². The van der Waals surface area contributed by atoms with Crippen LogP contribution in [0.2, 0.25) is 0 Å². The van der Waals surface area contributed by atoms with Gasteiger partial charge in [-0.2, -0.15) is 0 Å². The Morgan fingerprint density at radius 3 is 2.67 bits per heavy atom. The van der Waals surface area contributed by atoms with Crippen LogP contribution in [-0.4, -0.2) is 15.0 Å². The maximum atomic E-state index is 13.2. The van der Waals surface area contributed by atoms with Gasteiger partial charge in [0.15, 0.2) is 0 Å². The number of nitrogen functional groups attached to an aromatic ring is 1. The fraction of sp³-hybridized carbons (Fsp3) is 0.143. The molecule has 21 heavy (non-hydrogen) atoms. The number of hydrogen-bond donors (Lipinski definition) is 2. The molecule has 0 saturated heterocycles. The van der Waals surface area contributed by atoms with Crippen molar-refractivity contribution >= 4 is 27.5 Å². The van der Waals surface area contributed by atoms with E-state index in [0.29, 0.717) is 22.0 Å². The third-order valence-corrected chi connectivity index (χ3v) is 5.26. The molecule has 0 unspecified atom stereocenters. The van der Waals surface area contributed by atoms with Gasteiger partial charge in [0.1, 0.15) is 5.82 Å². The van der Waals surface area contributed by atoms with Crippen LogP contribution in [0.1, 0.15) is 6.92 Å². The average molecular weight is 326 g/mol. The van der Waals surface area contributed by atoms with Crippen molar-refractivity contribution in [3.63, 3.8) is 0 Å². The van der Waals surface area contributed by atoms with Crippen LogP contribution in [0.25, 0.3) is 0 Å². The van der Waals surface area contributed by atoms with E-state index >= 15 is 0 Å². The molecule has 7 heteroatoms. The second-order valence-electron chi connectivity index (χ2n) is 4.26. The lowest BCUT2D eigenvalue weighted by molar-refractivity contribution is 0.583. The van der Waals surface area contributed by atoms with Gasteiger partial charge in [-0.05, 0) is 36.4 Å². The third kappa shape index (κ3) is 3.96. The zero-order chi connectivity index (χ0) is 15.5. The van der Waals surface area contributed by atoms with Crippen molar-refractivity contribution in [1.29, 1.82) is 0 Å². The molecule has 0 aliphatic rings. The van der Waals surface area contributed by atoms with E-state index in [0.717, 1.165) is 0 Å². The highest BCUT2D eigenvalue weighted by atomic mass is 32.2. The van der Waals surface area contributed by atoms with Crippen LogP contribution >= 0.6 is 11.8 Å². The third-order valence-electron chi connectivity index (χ3n) is 2.65. The van der Waals surface area contributed by atoms with Crippen molar-refractivity contribution in [2.75, 3.05) is 12.3 Å². The summed E-state index contributed by atoms with van der Waals surface area (Å²) in [7, 11) is -3.54. The van der Waals surface area contributed by atoms with E-state index in [-0.39, 0.29) is 10.7 Å². The summed E-state index contributed by atoms with van der Waals surface area (Å²) in [5, 5.41) is 0. The van der Waals surface area contributed by atoms with Gasteiger partial charge in [-0.25, -0.2) is 17.5 Å². The number of halogens is 1. The fourth-order valence-electron chi connectivity index (χ4n) is 1.70. The summed E-state index contributed by atoms with van der Waals surface area (Å²) >= 11 is 1.22. The highest BCUT2D eigenvalue weighted by Gasteiger charge is 2.15. The van der Waals surface area contributed by atoms with E-state index in [9.17, 15) is 12.8 Å². The van der Waals surface area contributed by atoms with Crippen LogP contribution in [0.5, 0.6) is 0 Å². The maximum absolute atomic E-state index is 13.2. The molecule has 0 atom stereocenters. The molecule has 0 saturated carbocycles. The zero-order valence-electron chi connectivity index (χ0n) is 11.3. The Bertz CT molecular complexity index is 748. The summed E-state index contributed by atoms with van der Waals surface area (Å²) in [4.78, 5) is 1.36. The predicted octanol–water partition coefficient (Wildman–Crippen LogP) is 2.86. The molecule has 0 fully saturated rings. The van der Waals surface area contributed by atoms with Crippen LogP contribution in [0.4, 0.5) is 10.1 Å². The molecule has 4 nitrogen and oxygen atoms in total. The van der Waals surface area contributed by atoms with Crippen molar-refractivity contribution in [3.8, 4) is 0 Å². The molecule has 0 spiro atoms. The Labute approximate surface area is 127 Å². The van der Waals surface area contributed by atoms with E-state index in [4.69, 9.17) is 5.73 Å². The van der Waals surface area contributed by atoms with Crippen LogP contribution in [0.3, 0.4) is 0 Å². The van der Waals surface area contributed by atoms with E-state index < -0.39 is 10.0 Å². The first-order valence-electron chi connectivity index (χ1n) is 6.25. The standard InChI is InChI=1S/C14H15FN2O2S2/c1-2-17-21(18,19)12-6-7-13(16)14(9-12)20-11-5-3-4-10(15)8-11/h3-9,17H,2,16H2,1H3. The molecule has 0 aromatic heterocycles. The van der Waals surface area contributed by atoms with Crippen LogP contribution < -0.4 is 10.5 Å². The Hall–Kier alpha value is -1.57. The second kappa shape index (κ2) is 6.46. The number of sulfonamides is 1. The highest BCUT2D eigenvalue weighted by Crippen LogP contribution is 2.33. The molecule has 2 rings (SSSR count). The van der Waals surface area contributed by atoms with Gasteiger partial charge in [0, 0.05) is 22.0 Å². The smallest absolute Gasteiger partial charge is 0.240 e.